The number of nitrogens with zero attached hydrogens (tertiary/aromatic N) is 1. The number of carboxylic acids is 1. The molecule has 3 nitrogen and oxygen atoms in total. The first kappa shape index (κ1) is 16.9. The second-order valence-electron chi connectivity index (χ2n) is 6.15. The highest BCUT2D eigenvalue weighted by Gasteiger charge is 2.30. The van der Waals surface area contributed by atoms with Crippen LogP contribution in [0.15, 0.2) is 48.5 Å². The average Bonchev–Trinajstić information content (AvgIpc) is 2.59. The first-order chi connectivity index (χ1) is 11.5. The molecule has 126 valence electrons. The fourth-order valence-electron chi connectivity index (χ4n) is 3.31. The number of aliphatic carboxylic acids is 1. The minimum Gasteiger partial charge on any atom is -0.481 e. The van der Waals surface area contributed by atoms with Gasteiger partial charge in [0.25, 0.3) is 0 Å². The van der Waals surface area contributed by atoms with Crippen molar-refractivity contribution in [2.24, 2.45) is 5.92 Å². The van der Waals surface area contributed by atoms with Crippen molar-refractivity contribution in [1.29, 1.82) is 0 Å². The molecule has 1 fully saturated rings. The number of likely N-dealkylation sites (tertiary alicyclic amines) is 1. The summed E-state index contributed by atoms with van der Waals surface area (Å²) in [4.78, 5) is 13.4. The van der Waals surface area contributed by atoms with E-state index in [9.17, 15) is 14.3 Å². The lowest BCUT2D eigenvalue weighted by atomic mass is 9.91. The summed E-state index contributed by atoms with van der Waals surface area (Å²) in [5.41, 5.74) is 2.06. The molecule has 0 radical (unpaired) electrons. The smallest absolute Gasteiger partial charge is 0.306 e. The zero-order valence-electron chi connectivity index (χ0n) is 13.2. The van der Waals surface area contributed by atoms with Crippen LogP contribution in [0.5, 0.6) is 0 Å². The van der Waals surface area contributed by atoms with Gasteiger partial charge in [-0.2, -0.15) is 0 Å². The third-order valence-electron chi connectivity index (χ3n) is 4.62. The van der Waals surface area contributed by atoms with Crippen molar-refractivity contribution in [3.05, 3.63) is 70.5 Å². The van der Waals surface area contributed by atoms with Crippen LogP contribution in [0.3, 0.4) is 0 Å². The lowest BCUT2D eigenvalue weighted by Crippen LogP contribution is -2.39. The van der Waals surface area contributed by atoms with Crippen LogP contribution in [0.25, 0.3) is 0 Å². The Kier molecular flexibility index (Phi) is 5.17. The highest BCUT2D eigenvalue weighted by molar-refractivity contribution is 6.30. The van der Waals surface area contributed by atoms with Gasteiger partial charge in [-0.15, -0.1) is 0 Å². The summed E-state index contributed by atoms with van der Waals surface area (Å²) in [7, 11) is 0. The van der Waals surface area contributed by atoms with Gasteiger partial charge in [-0.3, -0.25) is 9.69 Å². The van der Waals surface area contributed by atoms with Crippen molar-refractivity contribution in [3.8, 4) is 0 Å². The Bertz CT molecular complexity index is 649. The van der Waals surface area contributed by atoms with Crippen molar-refractivity contribution < 1.29 is 14.3 Å². The van der Waals surface area contributed by atoms with Crippen molar-refractivity contribution >= 4 is 17.6 Å². The summed E-state index contributed by atoms with van der Waals surface area (Å²) in [5, 5.41) is 9.85. The average molecular weight is 348 g/mol. The molecule has 0 aromatic heterocycles. The molecule has 1 aliphatic heterocycles. The minimum atomic E-state index is -0.723. The number of piperidine rings is 1. The molecule has 0 saturated carbocycles. The zero-order valence-corrected chi connectivity index (χ0v) is 13.9. The van der Waals surface area contributed by atoms with Crippen LogP contribution in [0.2, 0.25) is 5.02 Å². The summed E-state index contributed by atoms with van der Waals surface area (Å²) in [6.07, 6.45) is 1.25. The molecule has 3 rings (SSSR count). The molecule has 24 heavy (non-hydrogen) atoms. The first-order valence-electron chi connectivity index (χ1n) is 8.02. The molecule has 0 spiro atoms. The molecule has 1 N–H and O–H groups in total. The van der Waals surface area contributed by atoms with Crippen molar-refractivity contribution in [2.75, 3.05) is 13.1 Å². The maximum atomic E-state index is 13.3. The Morgan fingerprint density at radius 1 is 1.04 bits per heavy atom. The molecule has 2 aromatic carbocycles. The largest absolute Gasteiger partial charge is 0.481 e. The Balaban J connectivity index is 1.89. The van der Waals surface area contributed by atoms with E-state index < -0.39 is 5.97 Å². The number of benzene rings is 2. The van der Waals surface area contributed by atoms with Gasteiger partial charge in [0.2, 0.25) is 0 Å². The van der Waals surface area contributed by atoms with E-state index in [4.69, 9.17) is 11.6 Å². The Labute approximate surface area is 145 Å². The van der Waals surface area contributed by atoms with E-state index in [2.05, 4.69) is 4.90 Å². The molecule has 1 atom stereocenters. The zero-order chi connectivity index (χ0) is 17.1. The maximum absolute atomic E-state index is 13.3. The third-order valence-corrected chi connectivity index (χ3v) is 4.87. The molecule has 1 heterocycles. The SMILES string of the molecule is O=C(O)C1CCN(C(c2ccc(F)cc2)c2ccc(Cl)cc2)CC1. The van der Waals surface area contributed by atoms with Crippen molar-refractivity contribution in [3.63, 3.8) is 0 Å². The number of hydrogen-bond donors (Lipinski definition) is 1. The van der Waals surface area contributed by atoms with Crippen LogP contribution < -0.4 is 0 Å². The molecule has 1 saturated heterocycles. The standard InChI is InChI=1S/C19H19ClFNO2/c20-16-5-1-13(2-6-16)18(14-3-7-17(21)8-4-14)22-11-9-15(10-12-22)19(23)24/h1-8,15,18H,9-12H2,(H,23,24). The molecule has 1 unspecified atom stereocenters. The summed E-state index contributed by atoms with van der Waals surface area (Å²) >= 11 is 5.99. The fraction of sp³-hybridized carbons (Fsp3) is 0.316. The quantitative estimate of drug-likeness (QED) is 0.893. The number of carboxylic acid groups (broad SMARTS) is 1. The third kappa shape index (κ3) is 3.77. The van der Waals surface area contributed by atoms with Crippen LogP contribution >= 0.6 is 11.6 Å². The Hall–Kier alpha value is -1.91. The monoisotopic (exact) mass is 347 g/mol. The van der Waals surface area contributed by atoms with Crippen LogP contribution in [0.1, 0.15) is 30.0 Å². The van der Waals surface area contributed by atoms with Gasteiger partial charge >= 0.3 is 5.97 Å². The molecule has 1 aliphatic rings. The van der Waals surface area contributed by atoms with E-state index in [0.29, 0.717) is 31.0 Å². The van der Waals surface area contributed by atoms with Gasteiger partial charge in [0, 0.05) is 5.02 Å². The Morgan fingerprint density at radius 2 is 1.54 bits per heavy atom. The summed E-state index contributed by atoms with van der Waals surface area (Å²) in [6.45, 7) is 1.39. The fourth-order valence-corrected chi connectivity index (χ4v) is 3.43. The summed E-state index contributed by atoms with van der Waals surface area (Å²) in [6, 6.07) is 14.1. The number of halogens is 2. The maximum Gasteiger partial charge on any atom is 0.306 e. The highest BCUT2D eigenvalue weighted by Crippen LogP contribution is 2.33. The van der Waals surface area contributed by atoms with Crippen LogP contribution in [-0.2, 0) is 4.79 Å². The predicted molar refractivity (Wildman–Crippen MR) is 91.6 cm³/mol. The van der Waals surface area contributed by atoms with Gasteiger partial charge in [-0.05, 0) is 61.3 Å². The first-order valence-corrected chi connectivity index (χ1v) is 8.40. The number of hydrogen-bond acceptors (Lipinski definition) is 2. The van der Waals surface area contributed by atoms with Crippen LogP contribution in [-0.4, -0.2) is 29.1 Å². The molecule has 0 aliphatic carbocycles. The van der Waals surface area contributed by atoms with Gasteiger partial charge in [0.15, 0.2) is 0 Å². The molecule has 0 bridgehead atoms. The molecule has 5 heteroatoms. The number of rotatable bonds is 4. The summed E-state index contributed by atoms with van der Waals surface area (Å²) < 4.78 is 13.3. The van der Waals surface area contributed by atoms with Crippen molar-refractivity contribution in [1.82, 2.24) is 4.90 Å². The lowest BCUT2D eigenvalue weighted by Gasteiger charge is -2.37. The molecule has 2 aromatic rings. The Morgan fingerprint density at radius 3 is 2.04 bits per heavy atom. The van der Waals surface area contributed by atoms with Gasteiger partial charge < -0.3 is 5.11 Å². The highest BCUT2D eigenvalue weighted by atomic mass is 35.5. The van der Waals surface area contributed by atoms with E-state index in [1.54, 1.807) is 12.1 Å². The molecular weight excluding hydrogens is 329 g/mol. The van der Waals surface area contributed by atoms with E-state index in [-0.39, 0.29) is 17.8 Å². The number of carbonyl (C=O) groups is 1. The second kappa shape index (κ2) is 7.32. The van der Waals surface area contributed by atoms with Crippen LogP contribution in [0.4, 0.5) is 4.39 Å². The van der Waals surface area contributed by atoms with Crippen molar-refractivity contribution in [2.45, 2.75) is 18.9 Å². The lowest BCUT2D eigenvalue weighted by molar-refractivity contribution is -0.143. The molecular formula is C19H19ClFNO2. The second-order valence-corrected chi connectivity index (χ2v) is 6.59. The van der Waals surface area contributed by atoms with E-state index in [1.807, 2.05) is 24.3 Å². The topological polar surface area (TPSA) is 40.5 Å². The van der Waals surface area contributed by atoms with Crippen LogP contribution in [0, 0.1) is 11.7 Å². The van der Waals surface area contributed by atoms with Gasteiger partial charge in [-0.25, -0.2) is 4.39 Å². The molecule has 0 amide bonds. The van der Waals surface area contributed by atoms with E-state index >= 15 is 0 Å². The minimum absolute atomic E-state index is 0.0300. The van der Waals surface area contributed by atoms with Gasteiger partial charge in [0.1, 0.15) is 5.82 Å². The van der Waals surface area contributed by atoms with Gasteiger partial charge in [0.05, 0.1) is 12.0 Å². The normalized spacial score (nSPS) is 17.6. The predicted octanol–water partition coefficient (Wildman–Crippen LogP) is 4.37. The van der Waals surface area contributed by atoms with E-state index in [0.717, 1.165) is 11.1 Å². The van der Waals surface area contributed by atoms with E-state index in [1.165, 1.54) is 12.1 Å². The summed E-state index contributed by atoms with van der Waals surface area (Å²) in [5.74, 6) is -1.27. The van der Waals surface area contributed by atoms with Gasteiger partial charge in [-0.1, -0.05) is 35.9 Å².